The number of amides is 1. The van der Waals surface area contributed by atoms with Gasteiger partial charge < -0.3 is 14.8 Å². The number of rotatable bonds is 5. The van der Waals surface area contributed by atoms with Gasteiger partial charge in [0.15, 0.2) is 0 Å². The molecule has 0 radical (unpaired) electrons. The van der Waals surface area contributed by atoms with Crippen LogP contribution in [0, 0.1) is 0 Å². The van der Waals surface area contributed by atoms with Crippen LogP contribution in [-0.2, 0) is 9.53 Å². The third kappa shape index (κ3) is 4.83. The molecule has 2 aromatic rings. The first-order valence-corrected chi connectivity index (χ1v) is 8.89. The fourth-order valence-electron chi connectivity index (χ4n) is 3.30. The highest BCUT2D eigenvalue weighted by molar-refractivity contribution is 5.73. The summed E-state index contributed by atoms with van der Waals surface area (Å²) in [7, 11) is 0. The summed E-state index contributed by atoms with van der Waals surface area (Å²) in [5.74, 6) is 1.62. The number of hydrogen-bond acceptors (Lipinski definition) is 3. The third-order valence-corrected chi connectivity index (χ3v) is 4.47. The monoisotopic (exact) mass is 339 g/mol. The summed E-state index contributed by atoms with van der Waals surface area (Å²) in [5, 5.41) is 3.05. The van der Waals surface area contributed by atoms with Crippen molar-refractivity contribution < 1.29 is 14.3 Å². The topological polar surface area (TPSA) is 47.6 Å². The first kappa shape index (κ1) is 17.5. The van der Waals surface area contributed by atoms with E-state index in [0.29, 0.717) is 0 Å². The van der Waals surface area contributed by atoms with Gasteiger partial charge in [0.1, 0.15) is 11.5 Å². The van der Waals surface area contributed by atoms with Crippen LogP contribution in [0.5, 0.6) is 11.5 Å². The van der Waals surface area contributed by atoms with E-state index < -0.39 is 0 Å². The molecular weight excluding hydrogens is 314 g/mol. The Balaban J connectivity index is 1.75. The first-order chi connectivity index (χ1) is 12.1. The molecule has 1 N–H and O–H groups in total. The molecule has 1 fully saturated rings. The summed E-state index contributed by atoms with van der Waals surface area (Å²) in [6.07, 6.45) is 2.72. The van der Waals surface area contributed by atoms with Crippen LogP contribution in [0.4, 0.5) is 0 Å². The zero-order valence-electron chi connectivity index (χ0n) is 14.8. The molecule has 132 valence electrons. The highest BCUT2D eigenvalue weighted by Gasteiger charge is 2.30. The lowest BCUT2D eigenvalue weighted by molar-refractivity contribution is -0.122. The van der Waals surface area contributed by atoms with Crippen molar-refractivity contribution in [2.24, 2.45) is 0 Å². The van der Waals surface area contributed by atoms with Crippen LogP contribution in [0.2, 0.25) is 0 Å². The lowest BCUT2D eigenvalue weighted by atomic mass is 9.93. The minimum absolute atomic E-state index is 0.0154. The minimum atomic E-state index is -0.0325. The van der Waals surface area contributed by atoms with Crippen molar-refractivity contribution in [3.8, 4) is 11.5 Å². The highest BCUT2D eigenvalue weighted by Crippen LogP contribution is 2.34. The predicted molar refractivity (Wildman–Crippen MR) is 97.7 cm³/mol. The van der Waals surface area contributed by atoms with E-state index >= 15 is 0 Å². The molecule has 25 heavy (non-hydrogen) atoms. The number of hydrogen-bond donors (Lipinski definition) is 1. The molecule has 1 aliphatic heterocycles. The Kier molecular flexibility index (Phi) is 5.71. The molecule has 4 nitrogen and oxygen atoms in total. The maximum absolute atomic E-state index is 11.4. The normalized spacial score (nSPS) is 23.0. The van der Waals surface area contributed by atoms with Gasteiger partial charge in [-0.25, -0.2) is 0 Å². The van der Waals surface area contributed by atoms with Crippen LogP contribution < -0.4 is 10.1 Å². The number of ether oxygens (including phenoxy) is 2. The van der Waals surface area contributed by atoms with Gasteiger partial charge in [0.05, 0.1) is 12.2 Å². The van der Waals surface area contributed by atoms with Crippen molar-refractivity contribution in [2.45, 2.75) is 51.4 Å². The molecular formula is C21H25NO3. The number of para-hydroxylation sites is 1. The molecule has 0 saturated carbocycles. The van der Waals surface area contributed by atoms with Gasteiger partial charge in [-0.2, -0.15) is 0 Å². The molecule has 0 aromatic heterocycles. The summed E-state index contributed by atoms with van der Waals surface area (Å²) in [6, 6.07) is 17.9. The summed E-state index contributed by atoms with van der Waals surface area (Å²) in [4.78, 5) is 11.4. The number of carbonyl (C=O) groups is 1. The molecule has 1 amide bonds. The standard InChI is InChI=1S/C21H25NO3/c1-3-18-13-17(22-15(2)23)14-21(25-18)16-8-7-11-20(12-16)24-19-9-5-4-6-10-19/h4-12,17-18,21H,3,13-14H2,1-2H3,(H,22,23)/t17-,18+,21+/m0/s1. The largest absolute Gasteiger partial charge is 0.457 e. The van der Waals surface area contributed by atoms with E-state index in [2.05, 4.69) is 18.3 Å². The lowest BCUT2D eigenvalue weighted by Gasteiger charge is -2.35. The van der Waals surface area contributed by atoms with Gasteiger partial charge in [-0.1, -0.05) is 37.3 Å². The van der Waals surface area contributed by atoms with Crippen molar-refractivity contribution in [1.29, 1.82) is 0 Å². The molecule has 3 atom stereocenters. The van der Waals surface area contributed by atoms with E-state index in [1.165, 1.54) is 0 Å². The fourth-order valence-corrected chi connectivity index (χ4v) is 3.30. The molecule has 4 heteroatoms. The van der Waals surface area contributed by atoms with Gasteiger partial charge in [0, 0.05) is 13.0 Å². The number of carbonyl (C=O) groups excluding carboxylic acids is 1. The second-order valence-corrected chi connectivity index (χ2v) is 6.51. The van der Waals surface area contributed by atoms with Crippen LogP contribution in [0.15, 0.2) is 54.6 Å². The quantitative estimate of drug-likeness (QED) is 0.865. The Bertz CT molecular complexity index is 701. The minimum Gasteiger partial charge on any atom is -0.457 e. The van der Waals surface area contributed by atoms with Crippen molar-refractivity contribution >= 4 is 5.91 Å². The third-order valence-electron chi connectivity index (χ3n) is 4.47. The molecule has 0 aliphatic carbocycles. The van der Waals surface area contributed by atoms with E-state index in [-0.39, 0.29) is 24.2 Å². The second-order valence-electron chi connectivity index (χ2n) is 6.51. The van der Waals surface area contributed by atoms with Gasteiger partial charge >= 0.3 is 0 Å². The molecule has 1 saturated heterocycles. The molecule has 1 heterocycles. The Labute approximate surface area is 149 Å². The molecule has 2 aromatic carbocycles. The fraction of sp³-hybridized carbons (Fsp3) is 0.381. The average molecular weight is 339 g/mol. The summed E-state index contributed by atoms with van der Waals surface area (Å²) in [6.45, 7) is 3.69. The maximum atomic E-state index is 11.4. The van der Waals surface area contributed by atoms with Crippen molar-refractivity contribution in [1.82, 2.24) is 5.32 Å². The van der Waals surface area contributed by atoms with E-state index in [1.54, 1.807) is 6.92 Å². The highest BCUT2D eigenvalue weighted by atomic mass is 16.5. The first-order valence-electron chi connectivity index (χ1n) is 8.89. The lowest BCUT2D eigenvalue weighted by Crippen LogP contribution is -2.42. The SMILES string of the molecule is CC[C@@H]1C[C@H](NC(C)=O)C[C@H](c2cccc(Oc3ccccc3)c2)O1. The van der Waals surface area contributed by atoms with Gasteiger partial charge in [-0.3, -0.25) is 4.79 Å². The number of nitrogens with one attached hydrogen (secondary N) is 1. The molecule has 0 bridgehead atoms. The van der Waals surface area contributed by atoms with Crippen LogP contribution >= 0.6 is 0 Å². The van der Waals surface area contributed by atoms with E-state index in [9.17, 15) is 4.79 Å². The van der Waals surface area contributed by atoms with Crippen LogP contribution in [0.1, 0.15) is 44.8 Å². The zero-order chi connectivity index (χ0) is 17.6. The zero-order valence-corrected chi connectivity index (χ0v) is 14.8. The number of benzene rings is 2. The predicted octanol–water partition coefficient (Wildman–Crippen LogP) is 4.61. The molecule has 1 aliphatic rings. The van der Waals surface area contributed by atoms with Gasteiger partial charge in [-0.15, -0.1) is 0 Å². The van der Waals surface area contributed by atoms with Gasteiger partial charge in [0.2, 0.25) is 5.91 Å². The Hall–Kier alpha value is -2.33. The molecule has 0 spiro atoms. The Morgan fingerprint density at radius 1 is 1.12 bits per heavy atom. The Morgan fingerprint density at radius 2 is 1.88 bits per heavy atom. The molecule has 3 rings (SSSR count). The summed E-state index contributed by atoms with van der Waals surface area (Å²) in [5.41, 5.74) is 1.09. The maximum Gasteiger partial charge on any atom is 0.217 e. The van der Waals surface area contributed by atoms with Crippen molar-refractivity contribution in [3.63, 3.8) is 0 Å². The summed E-state index contributed by atoms with van der Waals surface area (Å²) >= 11 is 0. The molecule has 0 unspecified atom stereocenters. The average Bonchev–Trinajstić information content (AvgIpc) is 2.62. The van der Waals surface area contributed by atoms with Gasteiger partial charge in [-0.05, 0) is 49.1 Å². The van der Waals surface area contributed by atoms with Crippen molar-refractivity contribution in [3.05, 3.63) is 60.2 Å². The van der Waals surface area contributed by atoms with Gasteiger partial charge in [0.25, 0.3) is 0 Å². The van der Waals surface area contributed by atoms with Crippen LogP contribution in [-0.4, -0.2) is 18.1 Å². The van der Waals surface area contributed by atoms with Crippen molar-refractivity contribution in [2.75, 3.05) is 0 Å². The van der Waals surface area contributed by atoms with Crippen LogP contribution in [0.3, 0.4) is 0 Å². The summed E-state index contributed by atoms with van der Waals surface area (Å²) < 4.78 is 12.2. The van der Waals surface area contributed by atoms with E-state index in [1.807, 2.05) is 48.5 Å². The Morgan fingerprint density at radius 3 is 2.60 bits per heavy atom. The second kappa shape index (κ2) is 8.17. The smallest absolute Gasteiger partial charge is 0.217 e. The van der Waals surface area contributed by atoms with E-state index in [0.717, 1.165) is 36.3 Å². The van der Waals surface area contributed by atoms with E-state index in [4.69, 9.17) is 9.47 Å². The van der Waals surface area contributed by atoms with Crippen LogP contribution in [0.25, 0.3) is 0 Å².